The fraction of sp³-hybridized carbons (Fsp3) is 0.407. The number of halogens is 3. The molecule has 0 amide bonds. The van der Waals surface area contributed by atoms with E-state index >= 15 is 0 Å². The molecular formula is C27H29Cl2FN2S. The second-order valence-electron chi connectivity index (χ2n) is 9.49. The number of nitrogens with zero attached hydrogens (tertiary/aromatic N) is 2. The lowest BCUT2D eigenvalue weighted by Crippen LogP contribution is -2.38. The van der Waals surface area contributed by atoms with Crippen LogP contribution in [0.2, 0.25) is 10.0 Å². The normalized spacial score (nSPS) is 22.8. The van der Waals surface area contributed by atoms with Crippen LogP contribution in [0, 0.1) is 11.7 Å². The summed E-state index contributed by atoms with van der Waals surface area (Å²) in [5, 5.41) is 5.76. The van der Waals surface area contributed by atoms with Gasteiger partial charge in [0.15, 0.2) is 0 Å². The first-order chi connectivity index (χ1) is 16.0. The van der Waals surface area contributed by atoms with Crippen molar-refractivity contribution in [3.8, 4) is 0 Å². The van der Waals surface area contributed by atoms with Gasteiger partial charge < -0.3 is 4.90 Å². The second kappa shape index (κ2) is 10.5. The van der Waals surface area contributed by atoms with Crippen LogP contribution in [-0.4, -0.2) is 42.5 Å². The maximum absolute atomic E-state index is 13.3. The van der Waals surface area contributed by atoms with E-state index in [9.17, 15) is 4.39 Å². The van der Waals surface area contributed by atoms with Crippen LogP contribution < -0.4 is 0 Å². The number of rotatable bonds is 6. The van der Waals surface area contributed by atoms with Crippen LogP contribution in [0.1, 0.15) is 41.4 Å². The van der Waals surface area contributed by atoms with E-state index < -0.39 is 0 Å². The third kappa shape index (κ3) is 5.63. The molecule has 2 aliphatic heterocycles. The van der Waals surface area contributed by atoms with Gasteiger partial charge in [-0.1, -0.05) is 41.4 Å². The lowest BCUT2D eigenvalue weighted by molar-refractivity contribution is 0.177. The van der Waals surface area contributed by atoms with Gasteiger partial charge in [0.2, 0.25) is 0 Å². The molecule has 174 valence electrons. The van der Waals surface area contributed by atoms with Crippen molar-refractivity contribution in [2.24, 2.45) is 5.92 Å². The zero-order chi connectivity index (χ0) is 22.8. The Morgan fingerprint density at radius 2 is 1.67 bits per heavy atom. The molecule has 0 N–H and O–H groups in total. The predicted octanol–water partition coefficient (Wildman–Crippen LogP) is 7.29. The monoisotopic (exact) mass is 502 g/mol. The topological polar surface area (TPSA) is 6.48 Å². The van der Waals surface area contributed by atoms with Crippen molar-refractivity contribution in [1.29, 1.82) is 0 Å². The van der Waals surface area contributed by atoms with Crippen LogP contribution in [0.15, 0.2) is 59.3 Å². The minimum Gasteiger partial charge on any atom is -0.303 e. The summed E-state index contributed by atoms with van der Waals surface area (Å²) in [6, 6.07) is 15.4. The van der Waals surface area contributed by atoms with Crippen LogP contribution in [-0.2, 0) is 6.54 Å². The molecule has 0 radical (unpaired) electrons. The Bertz CT molecular complexity index is 1050. The summed E-state index contributed by atoms with van der Waals surface area (Å²) in [4.78, 5) is 5.21. The Morgan fingerprint density at radius 3 is 2.36 bits per heavy atom. The van der Waals surface area contributed by atoms with Gasteiger partial charge >= 0.3 is 0 Å². The maximum Gasteiger partial charge on any atom is 0.123 e. The van der Waals surface area contributed by atoms with Crippen molar-refractivity contribution in [1.82, 2.24) is 9.80 Å². The molecule has 0 aliphatic carbocycles. The van der Waals surface area contributed by atoms with Crippen molar-refractivity contribution < 1.29 is 4.39 Å². The summed E-state index contributed by atoms with van der Waals surface area (Å²) < 4.78 is 13.3. The van der Waals surface area contributed by atoms with Crippen molar-refractivity contribution in [3.63, 3.8) is 0 Å². The van der Waals surface area contributed by atoms with Gasteiger partial charge in [0.25, 0.3) is 0 Å². The summed E-state index contributed by atoms with van der Waals surface area (Å²) in [6.45, 7) is 6.44. The molecule has 2 aromatic carbocycles. The first-order valence-corrected chi connectivity index (χ1v) is 13.4. The Morgan fingerprint density at radius 1 is 0.879 bits per heavy atom. The van der Waals surface area contributed by atoms with E-state index in [1.54, 1.807) is 23.5 Å². The van der Waals surface area contributed by atoms with Crippen LogP contribution >= 0.6 is 34.5 Å². The highest BCUT2D eigenvalue weighted by Crippen LogP contribution is 2.37. The van der Waals surface area contributed by atoms with Crippen LogP contribution in [0.4, 0.5) is 4.39 Å². The first-order valence-electron chi connectivity index (χ1n) is 11.7. The molecule has 2 fully saturated rings. The molecule has 3 aromatic rings. The first kappa shape index (κ1) is 23.3. The molecule has 3 heterocycles. The molecule has 2 unspecified atom stereocenters. The molecular weight excluding hydrogens is 474 g/mol. The van der Waals surface area contributed by atoms with Crippen LogP contribution in [0.5, 0.6) is 0 Å². The number of piperidine rings is 1. The average Bonchev–Trinajstić information content (AvgIpc) is 3.48. The Kier molecular flexibility index (Phi) is 7.39. The lowest BCUT2D eigenvalue weighted by atomic mass is 9.87. The number of hydrogen-bond acceptors (Lipinski definition) is 3. The zero-order valence-electron chi connectivity index (χ0n) is 18.6. The summed E-state index contributed by atoms with van der Waals surface area (Å²) in [5.74, 6) is 1.57. The predicted molar refractivity (Wildman–Crippen MR) is 137 cm³/mol. The minimum atomic E-state index is -0.151. The van der Waals surface area contributed by atoms with E-state index in [0.29, 0.717) is 27.8 Å². The van der Waals surface area contributed by atoms with Gasteiger partial charge in [0, 0.05) is 32.1 Å². The number of benzene rings is 2. The largest absolute Gasteiger partial charge is 0.303 e. The molecule has 1 aromatic heterocycles. The molecule has 6 heteroatoms. The second-order valence-corrected chi connectivity index (χ2v) is 11.1. The summed E-state index contributed by atoms with van der Waals surface area (Å²) in [7, 11) is 0. The van der Waals surface area contributed by atoms with E-state index in [1.807, 2.05) is 24.3 Å². The van der Waals surface area contributed by atoms with Gasteiger partial charge in [-0.25, -0.2) is 4.39 Å². The average molecular weight is 504 g/mol. The molecule has 0 saturated carbocycles. The Labute approximate surface area is 209 Å². The molecule has 2 saturated heterocycles. The smallest absolute Gasteiger partial charge is 0.123 e. The highest BCUT2D eigenvalue weighted by Gasteiger charge is 2.35. The fourth-order valence-corrected chi connectivity index (χ4v) is 6.60. The van der Waals surface area contributed by atoms with E-state index in [4.69, 9.17) is 23.2 Å². The number of likely N-dealkylation sites (tertiary alicyclic amines) is 2. The van der Waals surface area contributed by atoms with Gasteiger partial charge in [0.05, 0.1) is 10.0 Å². The molecule has 0 spiro atoms. The Balaban J connectivity index is 1.22. The third-order valence-corrected chi connectivity index (χ3v) is 8.74. The van der Waals surface area contributed by atoms with Gasteiger partial charge in [-0.05, 0) is 95.5 Å². The summed E-state index contributed by atoms with van der Waals surface area (Å²) >= 11 is 14.2. The number of hydrogen-bond donors (Lipinski definition) is 0. The molecule has 33 heavy (non-hydrogen) atoms. The summed E-state index contributed by atoms with van der Waals surface area (Å²) in [6.07, 6.45) is 2.29. The lowest BCUT2D eigenvalue weighted by Gasteiger charge is -2.34. The SMILES string of the molecule is Fc1ccc(C2CCN(CC3CN(Cc4ccc(Cl)c(Cl)c4)CC3c3ccsc3)CC2)cc1. The van der Waals surface area contributed by atoms with Gasteiger partial charge in [-0.15, -0.1) is 0 Å². The van der Waals surface area contributed by atoms with E-state index in [0.717, 1.165) is 52.1 Å². The van der Waals surface area contributed by atoms with Gasteiger partial charge in [-0.2, -0.15) is 11.3 Å². The van der Waals surface area contributed by atoms with Crippen molar-refractivity contribution in [2.75, 3.05) is 32.7 Å². The van der Waals surface area contributed by atoms with E-state index in [2.05, 4.69) is 32.7 Å². The third-order valence-electron chi connectivity index (χ3n) is 7.30. The van der Waals surface area contributed by atoms with Crippen LogP contribution in [0.3, 0.4) is 0 Å². The highest BCUT2D eigenvalue weighted by atomic mass is 35.5. The number of thiophene rings is 1. The molecule has 2 atom stereocenters. The van der Waals surface area contributed by atoms with E-state index in [1.165, 1.54) is 16.7 Å². The van der Waals surface area contributed by atoms with Gasteiger partial charge in [0.1, 0.15) is 5.82 Å². The standard InChI is InChI=1S/C27H29Cl2FN2S/c28-26-6-1-19(13-27(26)29)14-32-16-23(25(17-32)22-9-12-33-18-22)15-31-10-7-21(8-11-31)20-2-4-24(30)5-3-20/h1-6,9,12-13,18,21,23,25H,7-8,10-11,14-17H2. The van der Waals surface area contributed by atoms with Crippen molar-refractivity contribution in [3.05, 3.63) is 91.8 Å². The molecule has 0 bridgehead atoms. The quantitative estimate of drug-likeness (QED) is 0.349. The van der Waals surface area contributed by atoms with Crippen LogP contribution in [0.25, 0.3) is 0 Å². The fourth-order valence-electron chi connectivity index (χ4n) is 5.55. The van der Waals surface area contributed by atoms with Crippen molar-refractivity contribution in [2.45, 2.75) is 31.2 Å². The molecule has 5 rings (SSSR count). The molecule has 2 nitrogen and oxygen atoms in total. The maximum atomic E-state index is 13.3. The summed E-state index contributed by atoms with van der Waals surface area (Å²) in [5.41, 5.74) is 3.97. The zero-order valence-corrected chi connectivity index (χ0v) is 20.9. The molecule has 2 aliphatic rings. The van der Waals surface area contributed by atoms with E-state index in [-0.39, 0.29) is 5.82 Å². The minimum absolute atomic E-state index is 0.151. The highest BCUT2D eigenvalue weighted by molar-refractivity contribution is 7.08. The Hall–Kier alpha value is -1.43. The van der Waals surface area contributed by atoms with Crippen molar-refractivity contribution >= 4 is 34.5 Å². The van der Waals surface area contributed by atoms with Gasteiger partial charge in [-0.3, -0.25) is 4.90 Å².